The molecule has 4 atom stereocenters. The van der Waals surface area contributed by atoms with Crippen molar-refractivity contribution in [2.45, 2.75) is 56.3 Å². The van der Waals surface area contributed by atoms with Crippen molar-refractivity contribution < 1.29 is 29.1 Å². The van der Waals surface area contributed by atoms with Crippen LogP contribution in [0.4, 0.5) is 0 Å². The number of nitrogens with two attached hydrogens (primary N) is 4. The van der Waals surface area contributed by atoms with Gasteiger partial charge in [0.15, 0.2) is 5.96 Å². The number of hydrogen-bond donors (Lipinski definition) is 9. The Morgan fingerprint density at radius 1 is 1.03 bits per heavy atom. The molecule has 0 spiro atoms. The van der Waals surface area contributed by atoms with Crippen molar-refractivity contribution in [3.05, 3.63) is 18.2 Å². The molecule has 0 bridgehead atoms. The number of aromatic amines is 1. The molecular weight excluding hydrogens is 520 g/mol. The van der Waals surface area contributed by atoms with Crippen LogP contribution in [-0.4, -0.2) is 93.4 Å². The van der Waals surface area contributed by atoms with Crippen LogP contribution in [0.5, 0.6) is 0 Å². The maximum atomic E-state index is 13.2. The average molecular weight is 557 g/mol. The number of guanidine groups is 1. The Kier molecular flexibility index (Phi) is 14.2. The van der Waals surface area contributed by atoms with Crippen LogP contribution >= 0.6 is 11.8 Å². The number of nitrogens with zero attached hydrogens (tertiary/aromatic N) is 2. The number of primary amides is 1. The number of carbonyl (C=O) groups excluding carboxylic acids is 4. The Balaban J connectivity index is 3.09. The van der Waals surface area contributed by atoms with Gasteiger partial charge in [-0.2, -0.15) is 11.8 Å². The summed E-state index contributed by atoms with van der Waals surface area (Å²) in [5.41, 5.74) is 22.1. The highest BCUT2D eigenvalue weighted by atomic mass is 32.2. The Bertz CT molecular complexity index is 970. The van der Waals surface area contributed by atoms with Crippen molar-refractivity contribution in [1.82, 2.24) is 25.9 Å². The summed E-state index contributed by atoms with van der Waals surface area (Å²) in [5.74, 6) is -4.07. The van der Waals surface area contributed by atoms with E-state index < -0.39 is 60.2 Å². The van der Waals surface area contributed by atoms with Gasteiger partial charge in [0.2, 0.25) is 23.6 Å². The topological polar surface area (TPSA) is 287 Å². The normalized spacial score (nSPS) is 13.8. The summed E-state index contributed by atoms with van der Waals surface area (Å²) < 4.78 is 0. The van der Waals surface area contributed by atoms with Gasteiger partial charge in [0, 0.05) is 24.9 Å². The van der Waals surface area contributed by atoms with E-state index in [2.05, 4.69) is 30.9 Å². The van der Waals surface area contributed by atoms with Crippen molar-refractivity contribution in [2.24, 2.45) is 27.9 Å². The van der Waals surface area contributed by atoms with Gasteiger partial charge in [-0.3, -0.25) is 24.2 Å². The zero-order valence-electron chi connectivity index (χ0n) is 21.0. The molecular formula is C21H36N10O6S. The smallest absolute Gasteiger partial charge is 0.326 e. The average Bonchev–Trinajstić information content (AvgIpc) is 3.35. The van der Waals surface area contributed by atoms with Crippen LogP contribution in [0.15, 0.2) is 17.5 Å². The first-order valence-corrected chi connectivity index (χ1v) is 13.0. The van der Waals surface area contributed by atoms with Crippen LogP contribution in [0, 0.1) is 0 Å². The minimum atomic E-state index is -1.61. The van der Waals surface area contributed by atoms with Crippen LogP contribution in [-0.2, 0) is 30.4 Å². The fraction of sp³-hybridized carbons (Fsp3) is 0.571. The molecule has 212 valence electrons. The van der Waals surface area contributed by atoms with Crippen molar-refractivity contribution >= 4 is 47.3 Å². The summed E-state index contributed by atoms with van der Waals surface area (Å²) in [6.07, 6.45) is 4.72. The minimum Gasteiger partial charge on any atom is -0.480 e. The third kappa shape index (κ3) is 12.4. The van der Waals surface area contributed by atoms with Crippen molar-refractivity contribution in [3.63, 3.8) is 0 Å². The lowest BCUT2D eigenvalue weighted by Gasteiger charge is -2.25. The summed E-state index contributed by atoms with van der Waals surface area (Å²) in [4.78, 5) is 72.0. The standard InChI is InChI=1S/C21H36N10O6S/c1-38-6-4-12(22)17(33)29-13(3-2-5-27-21(24)25)18(34)30-14(7-11-9-26-10-28-11)19(35)31-15(20(36)37)8-16(23)32/h9-10,12-15H,2-8,22H2,1H3,(H2,23,32)(H,26,28)(H,29,33)(H,30,34)(H,31,35)(H,36,37)(H4,24,25,27). The molecule has 1 aromatic rings. The molecule has 4 unspecified atom stereocenters. The fourth-order valence-corrected chi connectivity index (χ4v) is 3.69. The maximum Gasteiger partial charge on any atom is 0.326 e. The Morgan fingerprint density at radius 2 is 1.66 bits per heavy atom. The number of H-pyrrole nitrogens is 1. The zero-order chi connectivity index (χ0) is 28.7. The molecule has 0 aromatic carbocycles. The quantitative estimate of drug-likeness (QED) is 0.0485. The minimum absolute atomic E-state index is 0.0949. The molecule has 16 nitrogen and oxygen atoms in total. The molecule has 0 aliphatic carbocycles. The predicted octanol–water partition coefficient (Wildman–Crippen LogP) is -3.50. The van der Waals surface area contributed by atoms with E-state index in [4.69, 9.17) is 22.9 Å². The number of carboxylic acids is 1. The van der Waals surface area contributed by atoms with Gasteiger partial charge in [-0.05, 0) is 31.3 Å². The van der Waals surface area contributed by atoms with E-state index in [0.29, 0.717) is 24.3 Å². The number of nitrogens with one attached hydrogen (secondary N) is 4. The molecule has 17 heteroatoms. The number of carboxylic acid groups (broad SMARTS) is 1. The zero-order valence-corrected chi connectivity index (χ0v) is 21.8. The molecule has 1 heterocycles. The van der Waals surface area contributed by atoms with Crippen LogP contribution in [0.2, 0.25) is 0 Å². The summed E-state index contributed by atoms with van der Waals surface area (Å²) in [6, 6.07) is -4.86. The molecule has 1 aromatic heterocycles. The van der Waals surface area contributed by atoms with Crippen molar-refractivity contribution in [3.8, 4) is 0 Å². The van der Waals surface area contributed by atoms with E-state index in [1.54, 1.807) is 0 Å². The SMILES string of the molecule is CSCCC(N)C(=O)NC(CCCN=C(N)N)C(=O)NC(Cc1cnc[nH]1)C(=O)NC(CC(N)=O)C(=O)O. The van der Waals surface area contributed by atoms with E-state index in [1.807, 2.05) is 6.26 Å². The largest absolute Gasteiger partial charge is 0.480 e. The van der Waals surface area contributed by atoms with Gasteiger partial charge in [-0.1, -0.05) is 0 Å². The second-order valence-corrected chi connectivity index (χ2v) is 9.30. The number of carbonyl (C=O) groups is 5. The van der Waals surface area contributed by atoms with Crippen molar-refractivity contribution in [2.75, 3.05) is 18.6 Å². The third-order valence-corrected chi connectivity index (χ3v) is 5.82. The summed E-state index contributed by atoms with van der Waals surface area (Å²) in [5, 5.41) is 16.7. The van der Waals surface area contributed by atoms with E-state index >= 15 is 0 Å². The third-order valence-electron chi connectivity index (χ3n) is 5.18. The summed E-state index contributed by atoms with van der Waals surface area (Å²) >= 11 is 1.51. The van der Waals surface area contributed by atoms with Crippen LogP contribution in [0.1, 0.15) is 31.4 Å². The van der Waals surface area contributed by atoms with Crippen molar-refractivity contribution in [1.29, 1.82) is 0 Å². The van der Waals surface area contributed by atoms with E-state index in [9.17, 15) is 29.1 Å². The Hall–Kier alpha value is -3.86. The van der Waals surface area contributed by atoms with Gasteiger partial charge >= 0.3 is 5.97 Å². The molecule has 0 saturated heterocycles. The molecule has 0 aliphatic rings. The predicted molar refractivity (Wildman–Crippen MR) is 140 cm³/mol. The van der Waals surface area contributed by atoms with Gasteiger partial charge < -0.3 is 49.0 Å². The first-order chi connectivity index (χ1) is 17.9. The molecule has 0 fully saturated rings. The van der Waals surface area contributed by atoms with Crippen LogP contribution in [0.25, 0.3) is 0 Å². The number of imidazole rings is 1. The maximum absolute atomic E-state index is 13.2. The molecule has 4 amide bonds. The van der Waals surface area contributed by atoms with E-state index in [0.717, 1.165) is 0 Å². The number of thioether (sulfide) groups is 1. The second kappa shape index (κ2) is 16.8. The number of rotatable bonds is 18. The number of aliphatic imine (C=N–C) groups is 1. The highest BCUT2D eigenvalue weighted by Crippen LogP contribution is 2.06. The first kappa shape index (κ1) is 32.2. The highest BCUT2D eigenvalue weighted by molar-refractivity contribution is 7.98. The number of aliphatic carboxylic acids is 1. The summed E-state index contributed by atoms with van der Waals surface area (Å²) in [6.45, 7) is 0.186. The molecule has 0 saturated carbocycles. The first-order valence-electron chi connectivity index (χ1n) is 11.6. The van der Waals surface area contributed by atoms with E-state index in [1.165, 1.54) is 24.3 Å². The van der Waals surface area contributed by atoms with Gasteiger partial charge in [-0.15, -0.1) is 0 Å². The van der Waals surface area contributed by atoms with Crippen LogP contribution < -0.4 is 38.9 Å². The van der Waals surface area contributed by atoms with E-state index in [-0.39, 0.29) is 25.3 Å². The lowest BCUT2D eigenvalue weighted by molar-refractivity contribution is -0.143. The molecule has 0 radical (unpaired) electrons. The Labute approximate surface area is 223 Å². The Morgan fingerprint density at radius 3 is 2.21 bits per heavy atom. The van der Waals surface area contributed by atoms with Gasteiger partial charge in [-0.25, -0.2) is 9.78 Å². The lowest BCUT2D eigenvalue weighted by Crippen LogP contribution is -2.58. The van der Waals surface area contributed by atoms with Gasteiger partial charge in [0.1, 0.15) is 18.1 Å². The monoisotopic (exact) mass is 556 g/mol. The number of aromatic nitrogens is 2. The number of hydrogen-bond acceptors (Lipinski definition) is 9. The lowest BCUT2D eigenvalue weighted by atomic mass is 10.1. The summed E-state index contributed by atoms with van der Waals surface area (Å²) in [7, 11) is 0. The highest BCUT2D eigenvalue weighted by Gasteiger charge is 2.31. The van der Waals surface area contributed by atoms with Gasteiger partial charge in [0.05, 0.1) is 18.8 Å². The number of amides is 4. The molecule has 38 heavy (non-hydrogen) atoms. The molecule has 0 aliphatic heterocycles. The molecule has 13 N–H and O–H groups in total. The second-order valence-electron chi connectivity index (χ2n) is 8.31. The van der Waals surface area contributed by atoms with Crippen LogP contribution in [0.3, 0.4) is 0 Å². The fourth-order valence-electron chi connectivity index (χ4n) is 3.20. The molecule has 1 rings (SSSR count). The van der Waals surface area contributed by atoms with Gasteiger partial charge in [0.25, 0.3) is 0 Å².